The van der Waals surface area contributed by atoms with E-state index in [0.29, 0.717) is 17.7 Å². The average molecular weight is 490 g/mol. The molecule has 3 aromatic rings. The van der Waals surface area contributed by atoms with Crippen LogP contribution >= 0.6 is 0 Å². The lowest BCUT2D eigenvalue weighted by Crippen LogP contribution is -2.63. The van der Waals surface area contributed by atoms with Gasteiger partial charge in [0.05, 0.1) is 0 Å². The molecule has 2 aromatic heterocycles. The number of hydrogen-bond acceptors (Lipinski definition) is 6. The van der Waals surface area contributed by atoms with Gasteiger partial charge in [-0.15, -0.1) is 0 Å². The first-order chi connectivity index (χ1) is 17.2. The van der Waals surface area contributed by atoms with Crippen molar-refractivity contribution in [3.05, 3.63) is 65.2 Å². The van der Waals surface area contributed by atoms with Gasteiger partial charge in [-0.05, 0) is 49.9 Å². The molecule has 1 aromatic carbocycles. The normalized spacial score (nSPS) is 20.3. The standard InChI is InChI=1S/C29H39N5O2/c1-6-34-27(22-11-13-36-14-12-22)31-26(32-34)23-15-25(17-30-16-23)29(35,28(4)18-33(5)19-28)24-9-7-21(8-10-24)20(2)3/h7-10,15-17,20,22,35H,6,11-14,18-19H2,1-5H3. The van der Waals surface area contributed by atoms with Crippen LogP contribution < -0.4 is 0 Å². The van der Waals surface area contributed by atoms with Gasteiger partial charge in [0, 0.05) is 67.7 Å². The Morgan fingerprint density at radius 2 is 1.81 bits per heavy atom. The Morgan fingerprint density at radius 3 is 2.42 bits per heavy atom. The van der Waals surface area contributed by atoms with Crippen molar-refractivity contribution in [3.63, 3.8) is 0 Å². The Balaban J connectivity index is 1.56. The summed E-state index contributed by atoms with van der Waals surface area (Å²) < 4.78 is 7.57. The van der Waals surface area contributed by atoms with Gasteiger partial charge in [-0.1, -0.05) is 45.0 Å². The first-order valence-corrected chi connectivity index (χ1v) is 13.2. The highest BCUT2D eigenvalue weighted by atomic mass is 16.5. The lowest BCUT2D eigenvalue weighted by Gasteiger charge is -2.55. The van der Waals surface area contributed by atoms with E-state index < -0.39 is 5.60 Å². The summed E-state index contributed by atoms with van der Waals surface area (Å²) in [4.78, 5) is 11.8. The third kappa shape index (κ3) is 4.27. The summed E-state index contributed by atoms with van der Waals surface area (Å²) in [7, 11) is 2.10. The average Bonchev–Trinajstić information content (AvgIpc) is 3.33. The summed E-state index contributed by atoms with van der Waals surface area (Å²) in [5.74, 6) is 2.48. The minimum Gasteiger partial charge on any atom is -0.381 e. The molecule has 7 nitrogen and oxygen atoms in total. The largest absolute Gasteiger partial charge is 0.381 e. The number of pyridine rings is 1. The Bertz CT molecular complexity index is 1190. The second-order valence-electron chi connectivity index (χ2n) is 11.2. The number of ether oxygens (including phenoxy) is 1. The SMILES string of the molecule is CCn1nc(-c2cncc(C(O)(c3ccc(C(C)C)cc3)C3(C)CN(C)C3)c2)nc1C1CCOCC1. The maximum absolute atomic E-state index is 12.5. The van der Waals surface area contributed by atoms with Gasteiger partial charge in [0.2, 0.25) is 0 Å². The van der Waals surface area contributed by atoms with Crippen molar-refractivity contribution < 1.29 is 9.84 Å². The molecule has 1 atom stereocenters. The molecule has 2 saturated heterocycles. The van der Waals surface area contributed by atoms with Crippen molar-refractivity contribution in [1.29, 1.82) is 0 Å². The molecule has 1 unspecified atom stereocenters. The van der Waals surface area contributed by atoms with Crippen LogP contribution in [0.2, 0.25) is 0 Å². The Morgan fingerprint density at radius 1 is 1.11 bits per heavy atom. The topological polar surface area (TPSA) is 76.3 Å². The van der Waals surface area contributed by atoms with Crippen molar-refractivity contribution in [1.82, 2.24) is 24.6 Å². The van der Waals surface area contributed by atoms with Crippen LogP contribution in [0, 0.1) is 5.41 Å². The number of aliphatic hydroxyl groups is 1. The minimum atomic E-state index is -1.19. The van der Waals surface area contributed by atoms with Crippen LogP contribution in [0.5, 0.6) is 0 Å². The van der Waals surface area contributed by atoms with E-state index in [2.05, 4.69) is 68.9 Å². The molecule has 5 rings (SSSR count). The van der Waals surface area contributed by atoms with E-state index in [9.17, 15) is 5.11 Å². The first-order valence-electron chi connectivity index (χ1n) is 13.2. The van der Waals surface area contributed by atoms with Crippen LogP contribution in [0.4, 0.5) is 0 Å². The summed E-state index contributed by atoms with van der Waals surface area (Å²) >= 11 is 0. The molecule has 0 amide bonds. The van der Waals surface area contributed by atoms with Crippen LogP contribution in [0.15, 0.2) is 42.7 Å². The molecule has 0 aliphatic carbocycles. The van der Waals surface area contributed by atoms with Crippen LogP contribution in [-0.4, -0.2) is 63.1 Å². The van der Waals surface area contributed by atoms with Gasteiger partial charge in [0.25, 0.3) is 0 Å². The lowest BCUT2D eigenvalue weighted by atomic mass is 9.62. The summed E-state index contributed by atoms with van der Waals surface area (Å²) in [5.41, 5.74) is 2.25. The van der Waals surface area contributed by atoms with Crippen LogP contribution in [0.25, 0.3) is 11.4 Å². The molecule has 2 aliphatic heterocycles. The number of likely N-dealkylation sites (tertiary alicyclic amines) is 1. The fourth-order valence-corrected chi connectivity index (χ4v) is 6.07. The number of aryl methyl sites for hydroxylation is 1. The third-order valence-corrected chi connectivity index (χ3v) is 8.11. The zero-order chi connectivity index (χ0) is 25.5. The summed E-state index contributed by atoms with van der Waals surface area (Å²) in [6, 6.07) is 10.5. The Labute approximate surface area is 214 Å². The number of aromatic nitrogens is 4. The van der Waals surface area contributed by atoms with Gasteiger partial charge in [0.1, 0.15) is 11.4 Å². The quantitative estimate of drug-likeness (QED) is 0.524. The summed E-state index contributed by atoms with van der Waals surface area (Å²) in [6.45, 7) is 12.6. The van der Waals surface area contributed by atoms with E-state index >= 15 is 0 Å². The maximum Gasteiger partial charge on any atom is 0.182 e. The van der Waals surface area contributed by atoms with Gasteiger partial charge in [-0.2, -0.15) is 5.10 Å². The molecule has 0 bridgehead atoms. The predicted octanol–water partition coefficient (Wildman–Crippen LogP) is 4.57. The van der Waals surface area contributed by atoms with Crippen molar-refractivity contribution >= 4 is 0 Å². The highest BCUT2D eigenvalue weighted by Crippen LogP contribution is 2.50. The number of hydrogen-bond donors (Lipinski definition) is 1. The van der Waals surface area contributed by atoms with Gasteiger partial charge >= 0.3 is 0 Å². The number of benzene rings is 1. The summed E-state index contributed by atoms with van der Waals surface area (Å²) in [6.07, 6.45) is 5.55. The maximum atomic E-state index is 12.5. The van der Waals surface area contributed by atoms with Gasteiger partial charge in [-0.25, -0.2) is 9.67 Å². The smallest absolute Gasteiger partial charge is 0.182 e. The van der Waals surface area contributed by atoms with Gasteiger partial charge in [0.15, 0.2) is 5.82 Å². The van der Waals surface area contributed by atoms with Crippen LogP contribution in [0.1, 0.15) is 74.9 Å². The Hall–Kier alpha value is -2.61. The lowest BCUT2D eigenvalue weighted by molar-refractivity contribution is -0.127. The summed E-state index contributed by atoms with van der Waals surface area (Å²) in [5, 5.41) is 17.4. The molecule has 7 heteroatoms. The van der Waals surface area contributed by atoms with Crippen molar-refractivity contribution in [3.8, 4) is 11.4 Å². The molecule has 0 spiro atoms. The van der Waals surface area contributed by atoms with Crippen LogP contribution in [-0.2, 0) is 16.9 Å². The highest BCUT2D eigenvalue weighted by Gasteiger charge is 2.55. The predicted molar refractivity (Wildman–Crippen MR) is 141 cm³/mol. The van der Waals surface area contributed by atoms with Gasteiger partial charge in [-0.3, -0.25) is 4.98 Å². The monoisotopic (exact) mass is 489 g/mol. The molecule has 0 radical (unpaired) electrons. The molecular formula is C29H39N5O2. The highest BCUT2D eigenvalue weighted by molar-refractivity contribution is 5.56. The molecule has 1 N–H and O–H groups in total. The van der Waals surface area contributed by atoms with Crippen molar-refractivity contribution in [2.45, 2.75) is 64.5 Å². The zero-order valence-electron chi connectivity index (χ0n) is 22.2. The fraction of sp³-hybridized carbons (Fsp3) is 0.552. The van der Waals surface area contributed by atoms with E-state index in [1.807, 2.05) is 16.9 Å². The number of nitrogens with zero attached hydrogens (tertiary/aromatic N) is 5. The molecule has 36 heavy (non-hydrogen) atoms. The molecule has 192 valence electrons. The van der Waals surface area contributed by atoms with E-state index in [1.165, 1.54) is 5.56 Å². The molecule has 2 aliphatic rings. The van der Waals surface area contributed by atoms with E-state index in [0.717, 1.165) is 68.2 Å². The van der Waals surface area contributed by atoms with Crippen molar-refractivity contribution in [2.75, 3.05) is 33.4 Å². The van der Waals surface area contributed by atoms with E-state index in [1.54, 1.807) is 6.20 Å². The Kier molecular flexibility index (Phi) is 6.74. The minimum absolute atomic E-state index is 0.342. The van der Waals surface area contributed by atoms with Crippen molar-refractivity contribution in [2.24, 2.45) is 5.41 Å². The molecular weight excluding hydrogens is 450 g/mol. The number of rotatable bonds is 7. The second kappa shape index (κ2) is 9.69. The zero-order valence-corrected chi connectivity index (χ0v) is 22.2. The second-order valence-corrected chi connectivity index (χ2v) is 11.2. The van der Waals surface area contributed by atoms with E-state index in [4.69, 9.17) is 14.8 Å². The molecule has 2 fully saturated rings. The first kappa shape index (κ1) is 25.1. The van der Waals surface area contributed by atoms with Gasteiger partial charge < -0.3 is 14.7 Å². The van der Waals surface area contributed by atoms with E-state index in [-0.39, 0.29) is 5.41 Å². The fourth-order valence-electron chi connectivity index (χ4n) is 6.07. The third-order valence-electron chi connectivity index (χ3n) is 8.11. The molecule has 4 heterocycles. The van der Waals surface area contributed by atoms with Crippen LogP contribution in [0.3, 0.4) is 0 Å². The molecule has 0 saturated carbocycles.